The number of ether oxygens (including phenoxy) is 3. The van der Waals surface area contributed by atoms with Gasteiger partial charge in [0.25, 0.3) is 0 Å². The number of benzene rings is 2. The molecule has 0 atom stereocenters. The first-order valence-electron chi connectivity index (χ1n) is 12.3. The molecular weight excluding hydrogens is 470 g/mol. The highest BCUT2D eigenvalue weighted by atomic mass is 16.6. The highest BCUT2D eigenvalue weighted by Gasteiger charge is 2.34. The van der Waals surface area contributed by atoms with Crippen LogP contribution in [0.25, 0.3) is 0 Å². The van der Waals surface area contributed by atoms with Crippen molar-refractivity contribution in [1.82, 2.24) is 15.0 Å². The van der Waals surface area contributed by atoms with E-state index in [9.17, 15) is 9.59 Å². The minimum Gasteiger partial charge on any atom is -0.476 e. The van der Waals surface area contributed by atoms with Gasteiger partial charge in [0.05, 0.1) is 18.3 Å². The van der Waals surface area contributed by atoms with Gasteiger partial charge < -0.3 is 14.2 Å². The van der Waals surface area contributed by atoms with Crippen molar-refractivity contribution in [2.24, 2.45) is 0 Å². The lowest BCUT2D eigenvalue weighted by Gasteiger charge is -2.29. The van der Waals surface area contributed by atoms with Gasteiger partial charge >= 0.3 is 11.9 Å². The number of aromatic nitrogens is 3. The molecule has 0 fully saturated rings. The molecule has 0 aliphatic carbocycles. The van der Waals surface area contributed by atoms with E-state index in [1.807, 2.05) is 0 Å². The van der Waals surface area contributed by atoms with Gasteiger partial charge in [0.1, 0.15) is 23.7 Å². The monoisotopic (exact) mass is 507 g/mol. The number of carbonyl (C=O) groups excluding carboxylic acids is 2. The quantitative estimate of drug-likeness (QED) is 0.373. The second-order valence-corrected chi connectivity index (χ2v) is 11.6. The Morgan fingerprint density at radius 1 is 0.865 bits per heavy atom. The van der Waals surface area contributed by atoms with Gasteiger partial charge in [-0.25, -0.2) is 14.3 Å². The molecule has 0 saturated carbocycles. The minimum absolute atomic E-state index is 0.00568. The standard InChI is InChI=1S/C29H37N3O5/c1-27(2,3)22-13-9-20(10-14-22)17-32-18-23(30-31-32)19-35-25(33)21-11-15-24(16-12-21)36-29(7,8)26(34)37-28(4,5)6/h9-16,18H,17,19H2,1-8H3. The molecule has 8 nitrogen and oxygen atoms in total. The number of carbonyl (C=O) groups is 2. The van der Waals surface area contributed by atoms with Crippen LogP contribution < -0.4 is 4.74 Å². The second-order valence-electron chi connectivity index (χ2n) is 11.6. The molecule has 0 unspecified atom stereocenters. The summed E-state index contributed by atoms with van der Waals surface area (Å²) in [7, 11) is 0. The maximum Gasteiger partial charge on any atom is 0.350 e. The molecule has 37 heavy (non-hydrogen) atoms. The van der Waals surface area contributed by atoms with Crippen molar-refractivity contribution < 1.29 is 23.8 Å². The van der Waals surface area contributed by atoms with E-state index in [4.69, 9.17) is 14.2 Å². The van der Waals surface area contributed by atoms with E-state index in [-0.39, 0.29) is 12.0 Å². The predicted octanol–water partition coefficient (Wildman–Crippen LogP) is 5.48. The fourth-order valence-corrected chi connectivity index (χ4v) is 3.40. The van der Waals surface area contributed by atoms with Gasteiger partial charge in [0.2, 0.25) is 0 Å². The second kappa shape index (κ2) is 10.7. The van der Waals surface area contributed by atoms with Gasteiger partial charge in [-0.3, -0.25) is 0 Å². The Morgan fingerprint density at radius 2 is 1.49 bits per heavy atom. The van der Waals surface area contributed by atoms with Gasteiger partial charge in [0.15, 0.2) is 5.60 Å². The molecule has 3 rings (SSSR count). The number of esters is 2. The van der Waals surface area contributed by atoms with Crippen LogP contribution >= 0.6 is 0 Å². The molecule has 1 aromatic heterocycles. The highest BCUT2D eigenvalue weighted by molar-refractivity contribution is 5.89. The summed E-state index contributed by atoms with van der Waals surface area (Å²) >= 11 is 0. The Labute approximate surface area is 218 Å². The third-order valence-electron chi connectivity index (χ3n) is 5.46. The zero-order valence-electron chi connectivity index (χ0n) is 23.0. The topological polar surface area (TPSA) is 92.5 Å². The predicted molar refractivity (Wildman–Crippen MR) is 140 cm³/mol. The lowest BCUT2D eigenvalue weighted by Crippen LogP contribution is -2.43. The molecule has 8 heteroatoms. The van der Waals surface area contributed by atoms with Crippen molar-refractivity contribution in [3.8, 4) is 5.75 Å². The van der Waals surface area contributed by atoms with Crippen LogP contribution in [-0.4, -0.2) is 38.1 Å². The molecule has 0 bridgehead atoms. The van der Waals surface area contributed by atoms with Crippen LogP contribution in [0, 0.1) is 0 Å². The Kier molecular flexibility index (Phi) is 8.10. The number of rotatable bonds is 8. The average Bonchev–Trinajstić information content (AvgIpc) is 3.23. The largest absolute Gasteiger partial charge is 0.476 e. The SMILES string of the molecule is CC(C)(C)OC(=O)C(C)(C)Oc1ccc(C(=O)OCc2cn(Cc3ccc(C(C)(C)C)cc3)nn2)cc1. The van der Waals surface area contributed by atoms with Gasteiger partial charge in [-0.15, -0.1) is 5.10 Å². The molecule has 0 amide bonds. The fraction of sp³-hybridized carbons (Fsp3) is 0.448. The lowest BCUT2D eigenvalue weighted by atomic mass is 9.87. The van der Waals surface area contributed by atoms with Gasteiger partial charge in [-0.2, -0.15) is 0 Å². The molecule has 0 aliphatic rings. The van der Waals surface area contributed by atoms with Crippen molar-refractivity contribution in [3.05, 3.63) is 77.1 Å². The Morgan fingerprint density at radius 3 is 2.05 bits per heavy atom. The van der Waals surface area contributed by atoms with Crippen LogP contribution in [0.2, 0.25) is 0 Å². The van der Waals surface area contributed by atoms with E-state index in [0.29, 0.717) is 23.6 Å². The van der Waals surface area contributed by atoms with Gasteiger partial charge in [-0.05, 0) is 75.4 Å². The van der Waals surface area contributed by atoms with Crippen LogP contribution in [-0.2, 0) is 32.8 Å². The average molecular weight is 508 g/mol. The lowest BCUT2D eigenvalue weighted by molar-refractivity contribution is -0.170. The Balaban J connectivity index is 1.52. The molecule has 0 saturated heterocycles. The first kappa shape index (κ1) is 27.9. The maximum atomic E-state index is 12.5. The van der Waals surface area contributed by atoms with Crippen molar-refractivity contribution >= 4 is 11.9 Å². The number of hydrogen-bond acceptors (Lipinski definition) is 7. The summed E-state index contributed by atoms with van der Waals surface area (Å²) in [4.78, 5) is 24.9. The molecule has 1 heterocycles. The normalized spacial score (nSPS) is 12.2. The summed E-state index contributed by atoms with van der Waals surface area (Å²) in [6.45, 7) is 15.8. The fourth-order valence-electron chi connectivity index (χ4n) is 3.40. The van der Waals surface area contributed by atoms with E-state index < -0.39 is 23.1 Å². The van der Waals surface area contributed by atoms with E-state index >= 15 is 0 Å². The summed E-state index contributed by atoms with van der Waals surface area (Å²) in [6.07, 6.45) is 1.76. The molecule has 3 aromatic rings. The Hall–Kier alpha value is -3.68. The molecule has 198 valence electrons. The van der Waals surface area contributed by atoms with Crippen LogP contribution in [0.15, 0.2) is 54.7 Å². The van der Waals surface area contributed by atoms with E-state index in [0.717, 1.165) is 5.56 Å². The zero-order valence-corrected chi connectivity index (χ0v) is 23.0. The first-order valence-corrected chi connectivity index (χ1v) is 12.3. The third-order valence-corrected chi connectivity index (χ3v) is 5.46. The summed E-state index contributed by atoms with van der Waals surface area (Å²) in [5.74, 6) is -0.533. The van der Waals surface area contributed by atoms with Crippen molar-refractivity contribution in [3.63, 3.8) is 0 Å². The van der Waals surface area contributed by atoms with Crippen LogP contribution in [0.3, 0.4) is 0 Å². The number of nitrogens with zero attached hydrogens (tertiary/aromatic N) is 3. The first-order chi connectivity index (χ1) is 17.1. The van der Waals surface area contributed by atoms with Crippen LogP contribution in [0.5, 0.6) is 5.75 Å². The molecule has 0 N–H and O–H groups in total. The van der Waals surface area contributed by atoms with Crippen molar-refractivity contribution in [2.45, 2.75) is 85.2 Å². The van der Waals surface area contributed by atoms with Gasteiger partial charge in [0, 0.05) is 0 Å². The van der Waals surface area contributed by atoms with E-state index in [1.54, 1.807) is 69.8 Å². The van der Waals surface area contributed by atoms with Gasteiger partial charge in [-0.1, -0.05) is 50.3 Å². The summed E-state index contributed by atoms with van der Waals surface area (Å²) < 4.78 is 18.3. The van der Waals surface area contributed by atoms with E-state index in [2.05, 4.69) is 55.3 Å². The maximum absolute atomic E-state index is 12.5. The molecule has 0 radical (unpaired) electrons. The smallest absolute Gasteiger partial charge is 0.350 e. The molecule has 0 spiro atoms. The summed E-state index contributed by atoms with van der Waals surface area (Å²) in [5, 5.41) is 8.24. The zero-order chi connectivity index (χ0) is 27.4. The minimum atomic E-state index is -1.18. The Bertz CT molecular complexity index is 1210. The molecule has 0 aliphatic heterocycles. The van der Waals surface area contributed by atoms with Crippen molar-refractivity contribution in [2.75, 3.05) is 0 Å². The number of hydrogen-bond donors (Lipinski definition) is 0. The third kappa shape index (κ3) is 8.17. The highest BCUT2D eigenvalue weighted by Crippen LogP contribution is 2.24. The molecule has 2 aromatic carbocycles. The van der Waals surface area contributed by atoms with Crippen LogP contribution in [0.4, 0.5) is 0 Å². The summed E-state index contributed by atoms with van der Waals surface area (Å²) in [5.41, 5.74) is 1.59. The molecular formula is C29H37N3O5. The summed E-state index contributed by atoms with van der Waals surface area (Å²) in [6, 6.07) is 14.8. The van der Waals surface area contributed by atoms with Crippen LogP contribution in [0.1, 0.15) is 82.6 Å². The van der Waals surface area contributed by atoms with E-state index in [1.165, 1.54) is 5.56 Å². The van der Waals surface area contributed by atoms with Crippen molar-refractivity contribution in [1.29, 1.82) is 0 Å².